The van der Waals surface area contributed by atoms with Gasteiger partial charge in [-0.15, -0.1) is 0 Å². The fourth-order valence-electron chi connectivity index (χ4n) is 2.45. The third-order valence-electron chi connectivity index (χ3n) is 3.08. The van der Waals surface area contributed by atoms with E-state index in [1.807, 2.05) is 20.8 Å². The fourth-order valence-corrected chi connectivity index (χ4v) is 2.45. The van der Waals surface area contributed by atoms with Gasteiger partial charge in [-0.3, -0.25) is 9.59 Å². The molecule has 1 aliphatic heterocycles. The van der Waals surface area contributed by atoms with Crippen molar-refractivity contribution in [2.45, 2.75) is 40.0 Å². The molecule has 82 valence electrons. The minimum Gasteiger partial charge on any atom is -0.431 e. The molecule has 0 unspecified atom stereocenters. The molecule has 2 rings (SSSR count). The summed E-state index contributed by atoms with van der Waals surface area (Å²) in [5.74, 6) is 0.609. The molecule has 3 heteroatoms. The lowest BCUT2D eigenvalue weighted by Gasteiger charge is -2.35. The Balaban J connectivity index is 2.40. The molecule has 0 N–H and O–H groups in total. The van der Waals surface area contributed by atoms with Crippen LogP contribution < -0.4 is 0 Å². The van der Waals surface area contributed by atoms with E-state index in [1.54, 1.807) is 0 Å². The zero-order chi connectivity index (χ0) is 11.2. The largest absolute Gasteiger partial charge is 0.431 e. The molecule has 0 saturated carbocycles. The van der Waals surface area contributed by atoms with Gasteiger partial charge in [-0.05, 0) is 11.3 Å². The average molecular weight is 208 g/mol. The molecule has 1 heterocycles. The van der Waals surface area contributed by atoms with Gasteiger partial charge in [-0.2, -0.15) is 0 Å². The van der Waals surface area contributed by atoms with E-state index in [2.05, 4.69) is 0 Å². The van der Waals surface area contributed by atoms with Crippen molar-refractivity contribution in [1.29, 1.82) is 0 Å². The summed E-state index contributed by atoms with van der Waals surface area (Å²) in [5.41, 5.74) is 0.682. The van der Waals surface area contributed by atoms with E-state index in [1.165, 1.54) is 0 Å². The zero-order valence-corrected chi connectivity index (χ0v) is 9.42. The number of Topliss-reactive ketones (excluding diaryl/α,β-unsaturated/α-hetero) is 1. The number of hydrogen-bond acceptors (Lipinski definition) is 3. The second-order valence-electron chi connectivity index (χ2n) is 5.36. The first-order valence-corrected chi connectivity index (χ1v) is 5.36. The Bertz CT molecular complexity index is 363. The Hall–Kier alpha value is -1.12. The molecule has 0 aromatic heterocycles. The number of esters is 1. The van der Waals surface area contributed by atoms with Crippen LogP contribution in [0.4, 0.5) is 0 Å². The maximum absolute atomic E-state index is 11.9. The standard InChI is InChI=1S/C12H16O3/c1-7-4-10(14)15-9-6-12(2,3)5-8(13)11(7)9/h7H,4-6H2,1-3H3/t7-/m0/s1. The first-order chi connectivity index (χ1) is 6.89. The number of carbonyl (C=O) groups is 2. The first-order valence-electron chi connectivity index (χ1n) is 5.36. The van der Waals surface area contributed by atoms with E-state index in [0.29, 0.717) is 25.0 Å². The minimum atomic E-state index is -0.202. The van der Waals surface area contributed by atoms with Gasteiger partial charge in [0.2, 0.25) is 0 Å². The van der Waals surface area contributed by atoms with Crippen molar-refractivity contribution in [3.8, 4) is 0 Å². The molecule has 0 radical (unpaired) electrons. The van der Waals surface area contributed by atoms with Crippen molar-refractivity contribution in [2.75, 3.05) is 0 Å². The summed E-state index contributed by atoms with van der Waals surface area (Å²) in [7, 11) is 0. The Morgan fingerprint density at radius 1 is 1.27 bits per heavy atom. The second kappa shape index (κ2) is 3.19. The molecule has 0 saturated heterocycles. The van der Waals surface area contributed by atoms with Crippen LogP contribution in [0.15, 0.2) is 11.3 Å². The smallest absolute Gasteiger partial charge is 0.311 e. The van der Waals surface area contributed by atoms with Gasteiger partial charge in [0.1, 0.15) is 5.76 Å². The third kappa shape index (κ3) is 1.83. The molecule has 0 fully saturated rings. The number of allylic oxidation sites excluding steroid dienone is 2. The van der Waals surface area contributed by atoms with Crippen molar-refractivity contribution >= 4 is 11.8 Å². The lowest BCUT2D eigenvalue weighted by Crippen LogP contribution is -2.33. The van der Waals surface area contributed by atoms with Gasteiger partial charge in [0.25, 0.3) is 0 Å². The minimum absolute atomic E-state index is 0.0323. The van der Waals surface area contributed by atoms with Gasteiger partial charge >= 0.3 is 5.97 Å². The summed E-state index contributed by atoms with van der Waals surface area (Å²) in [4.78, 5) is 23.2. The summed E-state index contributed by atoms with van der Waals surface area (Å²) in [5, 5.41) is 0. The van der Waals surface area contributed by atoms with E-state index in [-0.39, 0.29) is 23.1 Å². The molecule has 1 atom stereocenters. The lowest BCUT2D eigenvalue weighted by molar-refractivity contribution is -0.143. The van der Waals surface area contributed by atoms with Crippen LogP contribution in [0.5, 0.6) is 0 Å². The van der Waals surface area contributed by atoms with Gasteiger partial charge in [0.05, 0.1) is 6.42 Å². The Morgan fingerprint density at radius 3 is 2.60 bits per heavy atom. The van der Waals surface area contributed by atoms with Gasteiger partial charge in [-0.25, -0.2) is 0 Å². The Morgan fingerprint density at radius 2 is 1.93 bits per heavy atom. The van der Waals surface area contributed by atoms with Crippen molar-refractivity contribution in [3.63, 3.8) is 0 Å². The summed E-state index contributed by atoms with van der Waals surface area (Å²) in [6.07, 6.45) is 1.60. The van der Waals surface area contributed by atoms with E-state index in [9.17, 15) is 9.59 Å². The van der Waals surface area contributed by atoms with Crippen molar-refractivity contribution in [3.05, 3.63) is 11.3 Å². The molecule has 1 aliphatic carbocycles. The molecule has 0 bridgehead atoms. The highest BCUT2D eigenvalue weighted by Crippen LogP contribution is 2.42. The summed E-state index contributed by atoms with van der Waals surface area (Å²) in [6, 6.07) is 0. The van der Waals surface area contributed by atoms with E-state index >= 15 is 0 Å². The molecular weight excluding hydrogens is 192 g/mol. The van der Waals surface area contributed by atoms with Gasteiger partial charge in [0.15, 0.2) is 5.78 Å². The quantitative estimate of drug-likeness (QED) is 0.573. The predicted molar refractivity (Wildman–Crippen MR) is 54.9 cm³/mol. The van der Waals surface area contributed by atoms with E-state index < -0.39 is 0 Å². The van der Waals surface area contributed by atoms with E-state index in [0.717, 1.165) is 5.57 Å². The highest BCUT2D eigenvalue weighted by Gasteiger charge is 2.39. The highest BCUT2D eigenvalue weighted by molar-refractivity contribution is 5.99. The normalized spacial score (nSPS) is 29.9. The number of ether oxygens (including phenoxy) is 1. The summed E-state index contributed by atoms with van der Waals surface area (Å²) < 4.78 is 5.19. The van der Waals surface area contributed by atoms with Crippen LogP contribution in [0.1, 0.15) is 40.0 Å². The molecule has 0 aromatic rings. The van der Waals surface area contributed by atoms with Crippen LogP contribution in [0.2, 0.25) is 0 Å². The molecule has 3 nitrogen and oxygen atoms in total. The fraction of sp³-hybridized carbons (Fsp3) is 0.667. The monoisotopic (exact) mass is 208 g/mol. The first kappa shape index (κ1) is 10.4. The van der Waals surface area contributed by atoms with Crippen LogP contribution in [0, 0.1) is 11.3 Å². The topological polar surface area (TPSA) is 43.4 Å². The van der Waals surface area contributed by atoms with Crippen LogP contribution in [-0.4, -0.2) is 11.8 Å². The average Bonchev–Trinajstić information content (AvgIpc) is 1.97. The predicted octanol–water partition coefficient (Wildman–Crippen LogP) is 2.21. The van der Waals surface area contributed by atoms with E-state index in [4.69, 9.17) is 4.74 Å². The number of ketones is 1. The zero-order valence-electron chi connectivity index (χ0n) is 9.42. The molecule has 0 amide bonds. The lowest BCUT2D eigenvalue weighted by atomic mass is 9.73. The SMILES string of the molecule is C[C@H]1CC(=O)OC2=C1C(=O)CC(C)(C)C2. The van der Waals surface area contributed by atoms with Crippen molar-refractivity contribution in [1.82, 2.24) is 0 Å². The van der Waals surface area contributed by atoms with Crippen molar-refractivity contribution in [2.24, 2.45) is 11.3 Å². The molecule has 0 aromatic carbocycles. The van der Waals surface area contributed by atoms with Crippen LogP contribution in [0.3, 0.4) is 0 Å². The van der Waals surface area contributed by atoms with Crippen molar-refractivity contribution < 1.29 is 14.3 Å². The Kier molecular flexibility index (Phi) is 2.21. The van der Waals surface area contributed by atoms with Crippen LogP contribution >= 0.6 is 0 Å². The molecule has 0 spiro atoms. The van der Waals surface area contributed by atoms with Gasteiger partial charge in [-0.1, -0.05) is 20.8 Å². The van der Waals surface area contributed by atoms with Gasteiger partial charge < -0.3 is 4.74 Å². The van der Waals surface area contributed by atoms with Crippen LogP contribution in [-0.2, 0) is 14.3 Å². The third-order valence-corrected chi connectivity index (χ3v) is 3.08. The summed E-state index contributed by atoms with van der Waals surface area (Å²) in [6.45, 7) is 5.98. The van der Waals surface area contributed by atoms with Crippen LogP contribution in [0.25, 0.3) is 0 Å². The molecular formula is C12H16O3. The maximum atomic E-state index is 11.9. The number of hydrogen-bond donors (Lipinski definition) is 0. The maximum Gasteiger partial charge on any atom is 0.311 e. The number of carbonyl (C=O) groups excluding carboxylic acids is 2. The molecule has 2 aliphatic rings. The summed E-state index contributed by atoms with van der Waals surface area (Å²) >= 11 is 0. The molecule has 15 heavy (non-hydrogen) atoms. The second-order valence-corrected chi connectivity index (χ2v) is 5.36. The number of rotatable bonds is 0. The highest BCUT2D eigenvalue weighted by atomic mass is 16.5. The Labute approximate surface area is 89.5 Å². The van der Waals surface area contributed by atoms with Gasteiger partial charge in [0, 0.05) is 18.4 Å².